The zero-order valence-corrected chi connectivity index (χ0v) is 8.10. The first-order valence-electron chi connectivity index (χ1n) is 3.80. The van der Waals surface area contributed by atoms with E-state index in [1.165, 1.54) is 20.4 Å². The molecule has 6 nitrogen and oxygen atoms in total. The Hall–Kier alpha value is -1.85. The summed E-state index contributed by atoms with van der Waals surface area (Å²) in [5.74, 6) is 0.139. The second-order valence-electron chi connectivity index (χ2n) is 2.38. The Morgan fingerprint density at radius 3 is 2.64 bits per heavy atom. The average molecular weight is 198 g/mol. The molecule has 0 aliphatic heterocycles. The van der Waals surface area contributed by atoms with Gasteiger partial charge >= 0.3 is 6.16 Å². The van der Waals surface area contributed by atoms with Crippen molar-refractivity contribution in [1.29, 1.82) is 0 Å². The first kappa shape index (κ1) is 10.2. The molecule has 0 bridgehead atoms. The number of aryl methyl sites for hydroxylation is 1. The summed E-state index contributed by atoms with van der Waals surface area (Å²) < 4.78 is 13.8. The van der Waals surface area contributed by atoms with Gasteiger partial charge in [0.2, 0.25) is 0 Å². The molecule has 0 saturated carbocycles. The van der Waals surface area contributed by atoms with E-state index in [9.17, 15) is 4.79 Å². The van der Waals surface area contributed by atoms with E-state index >= 15 is 0 Å². The maximum atomic E-state index is 10.8. The summed E-state index contributed by atoms with van der Waals surface area (Å²) >= 11 is 0. The maximum Gasteiger partial charge on any atom is 0.515 e. The van der Waals surface area contributed by atoms with Crippen LogP contribution in [-0.2, 0) is 4.74 Å². The van der Waals surface area contributed by atoms with Crippen LogP contribution < -0.4 is 9.47 Å². The van der Waals surface area contributed by atoms with Crippen LogP contribution in [0.5, 0.6) is 11.8 Å². The Bertz CT molecular complexity index is 340. The molecule has 0 unspecified atom stereocenters. The van der Waals surface area contributed by atoms with Crippen LogP contribution in [0, 0.1) is 6.92 Å². The second-order valence-corrected chi connectivity index (χ2v) is 2.38. The van der Waals surface area contributed by atoms with Gasteiger partial charge in [0.05, 0.1) is 26.1 Å². The van der Waals surface area contributed by atoms with Crippen LogP contribution in [0.15, 0.2) is 6.20 Å². The van der Waals surface area contributed by atoms with E-state index in [1.807, 2.05) is 0 Å². The van der Waals surface area contributed by atoms with Crippen LogP contribution in [0.1, 0.15) is 5.69 Å². The summed E-state index contributed by atoms with van der Waals surface area (Å²) in [6.07, 6.45) is 0.599. The van der Waals surface area contributed by atoms with Crippen molar-refractivity contribution in [3.8, 4) is 11.8 Å². The van der Waals surface area contributed by atoms with Crippen LogP contribution in [0.4, 0.5) is 4.79 Å². The number of ether oxygens (including phenoxy) is 3. The molecule has 1 rings (SSSR count). The molecule has 76 valence electrons. The van der Waals surface area contributed by atoms with Gasteiger partial charge in [-0.05, 0) is 6.92 Å². The molecular formula is C8H10N2O4. The van der Waals surface area contributed by atoms with Crippen LogP contribution in [0.3, 0.4) is 0 Å². The summed E-state index contributed by atoms with van der Waals surface area (Å²) in [5, 5.41) is 0. The summed E-state index contributed by atoms with van der Waals surface area (Å²) in [4.78, 5) is 18.6. The first-order chi connectivity index (χ1) is 6.67. The van der Waals surface area contributed by atoms with Crippen molar-refractivity contribution in [3.63, 3.8) is 0 Å². The smallest absolute Gasteiger partial charge is 0.477 e. The Kier molecular flexibility index (Phi) is 3.22. The quantitative estimate of drug-likeness (QED) is 0.658. The highest BCUT2D eigenvalue weighted by atomic mass is 16.7. The summed E-state index contributed by atoms with van der Waals surface area (Å²) in [7, 11) is 2.62. The molecule has 0 N–H and O–H groups in total. The molecule has 0 saturated heterocycles. The number of hydrogen-bond donors (Lipinski definition) is 0. The van der Waals surface area contributed by atoms with Gasteiger partial charge in [-0.2, -0.15) is 0 Å². The van der Waals surface area contributed by atoms with Crippen molar-refractivity contribution in [2.24, 2.45) is 0 Å². The van der Waals surface area contributed by atoms with E-state index in [2.05, 4.69) is 19.4 Å². The molecule has 1 aromatic heterocycles. The predicted octanol–water partition coefficient (Wildman–Crippen LogP) is 0.939. The van der Waals surface area contributed by atoms with Crippen molar-refractivity contribution in [3.05, 3.63) is 11.9 Å². The molecule has 1 heterocycles. The van der Waals surface area contributed by atoms with Crippen LogP contribution in [0.2, 0.25) is 0 Å². The number of carbonyl (C=O) groups excluding carboxylic acids is 1. The highest BCUT2D eigenvalue weighted by Crippen LogP contribution is 2.20. The van der Waals surface area contributed by atoms with Crippen LogP contribution >= 0.6 is 0 Å². The normalized spacial score (nSPS) is 9.36. The minimum atomic E-state index is -0.860. The fraction of sp³-hybridized carbons (Fsp3) is 0.375. The van der Waals surface area contributed by atoms with Gasteiger partial charge in [-0.15, -0.1) is 0 Å². The monoisotopic (exact) mass is 198 g/mol. The molecule has 0 aliphatic carbocycles. The van der Waals surface area contributed by atoms with E-state index in [1.54, 1.807) is 6.92 Å². The molecule has 0 aliphatic rings. The lowest BCUT2D eigenvalue weighted by molar-refractivity contribution is 0.117. The van der Waals surface area contributed by atoms with Gasteiger partial charge < -0.3 is 14.2 Å². The minimum Gasteiger partial charge on any atom is -0.477 e. The van der Waals surface area contributed by atoms with E-state index in [4.69, 9.17) is 4.74 Å². The molecule has 0 fully saturated rings. The molecule has 6 heteroatoms. The van der Waals surface area contributed by atoms with Crippen LogP contribution in [-0.4, -0.2) is 30.3 Å². The van der Waals surface area contributed by atoms with Gasteiger partial charge in [0.15, 0.2) is 0 Å². The fourth-order valence-electron chi connectivity index (χ4n) is 0.768. The van der Waals surface area contributed by atoms with E-state index < -0.39 is 6.16 Å². The van der Waals surface area contributed by atoms with Crippen molar-refractivity contribution >= 4 is 6.16 Å². The number of carbonyl (C=O) groups is 1. The molecular weight excluding hydrogens is 188 g/mol. The summed E-state index contributed by atoms with van der Waals surface area (Å²) in [6, 6.07) is 0. The Labute approximate surface area is 80.8 Å². The second kappa shape index (κ2) is 4.40. The molecule has 0 spiro atoms. The van der Waals surface area contributed by atoms with Gasteiger partial charge in [-0.3, -0.25) is 0 Å². The first-order valence-corrected chi connectivity index (χ1v) is 3.80. The Morgan fingerprint density at radius 2 is 2.07 bits per heavy atom. The SMILES string of the molecule is COC(=O)Oc1ncc(C)nc1OC. The van der Waals surface area contributed by atoms with Crippen molar-refractivity contribution < 1.29 is 19.0 Å². The molecule has 0 atom stereocenters. The third kappa shape index (κ3) is 2.32. The molecule has 0 aromatic carbocycles. The molecule has 0 amide bonds. The fourth-order valence-corrected chi connectivity index (χ4v) is 0.768. The third-order valence-electron chi connectivity index (χ3n) is 1.37. The number of hydrogen-bond acceptors (Lipinski definition) is 6. The highest BCUT2D eigenvalue weighted by molar-refractivity contribution is 5.63. The summed E-state index contributed by atoms with van der Waals surface area (Å²) in [6.45, 7) is 1.75. The van der Waals surface area contributed by atoms with Gasteiger partial charge in [0, 0.05) is 0 Å². The standard InChI is InChI=1S/C8H10N2O4/c1-5-4-9-6(7(10-5)12-2)14-8(11)13-3/h4H,1-3H3. The van der Waals surface area contributed by atoms with Gasteiger partial charge in [-0.1, -0.05) is 0 Å². The predicted molar refractivity (Wildman–Crippen MR) is 46.4 cm³/mol. The van der Waals surface area contributed by atoms with Crippen molar-refractivity contribution in [2.75, 3.05) is 14.2 Å². The van der Waals surface area contributed by atoms with Gasteiger partial charge in [0.1, 0.15) is 0 Å². The van der Waals surface area contributed by atoms with E-state index in [-0.39, 0.29) is 11.8 Å². The largest absolute Gasteiger partial charge is 0.515 e. The number of rotatable bonds is 2. The van der Waals surface area contributed by atoms with Gasteiger partial charge in [0.25, 0.3) is 11.8 Å². The number of aromatic nitrogens is 2. The third-order valence-corrected chi connectivity index (χ3v) is 1.37. The summed E-state index contributed by atoms with van der Waals surface area (Å²) in [5.41, 5.74) is 0.666. The number of methoxy groups -OCH3 is 2. The lowest BCUT2D eigenvalue weighted by Gasteiger charge is -2.05. The number of nitrogens with zero attached hydrogens (tertiary/aromatic N) is 2. The topological polar surface area (TPSA) is 70.5 Å². The van der Waals surface area contributed by atoms with Crippen molar-refractivity contribution in [2.45, 2.75) is 6.92 Å². The lowest BCUT2D eigenvalue weighted by atomic mass is 10.5. The van der Waals surface area contributed by atoms with Gasteiger partial charge in [-0.25, -0.2) is 14.8 Å². The zero-order chi connectivity index (χ0) is 10.6. The minimum absolute atomic E-state index is 0.00931. The average Bonchev–Trinajstić information content (AvgIpc) is 2.20. The zero-order valence-electron chi connectivity index (χ0n) is 8.10. The Morgan fingerprint density at radius 1 is 1.36 bits per heavy atom. The highest BCUT2D eigenvalue weighted by Gasteiger charge is 2.12. The van der Waals surface area contributed by atoms with Crippen LogP contribution in [0.25, 0.3) is 0 Å². The molecule has 14 heavy (non-hydrogen) atoms. The maximum absolute atomic E-state index is 10.8. The lowest BCUT2D eigenvalue weighted by Crippen LogP contribution is -2.10. The molecule has 0 radical (unpaired) electrons. The Balaban J connectivity index is 2.90. The molecule has 1 aromatic rings. The van der Waals surface area contributed by atoms with Crippen molar-refractivity contribution in [1.82, 2.24) is 9.97 Å². The van der Waals surface area contributed by atoms with E-state index in [0.717, 1.165) is 0 Å². The van der Waals surface area contributed by atoms with E-state index in [0.29, 0.717) is 5.69 Å².